The summed E-state index contributed by atoms with van der Waals surface area (Å²) in [5.74, 6) is 1.39. The van der Waals surface area contributed by atoms with E-state index in [-0.39, 0.29) is 12.0 Å². The number of nitrogens with zero attached hydrogens (tertiary/aromatic N) is 2. The van der Waals surface area contributed by atoms with Gasteiger partial charge in [-0.1, -0.05) is 24.3 Å². The number of fused-ring (bicyclic) bond motifs is 2. The number of carbonyl (C=O) groups excluding carboxylic acids is 1. The van der Waals surface area contributed by atoms with Gasteiger partial charge >= 0.3 is 0 Å². The van der Waals surface area contributed by atoms with Gasteiger partial charge in [-0.15, -0.1) is 11.3 Å². The normalized spacial score (nSPS) is 20.8. The molecule has 7 heteroatoms. The molecule has 2 atom stereocenters. The molecular weight excluding hydrogens is 410 g/mol. The van der Waals surface area contributed by atoms with Gasteiger partial charge in [0.1, 0.15) is 5.76 Å². The first-order chi connectivity index (χ1) is 15.3. The molecule has 0 radical (unpaired) electrons. The summed E-state index contributed by atoms with van der Waals surface area (Å²) in [5.41, 5.74) is 2.45. The Bertz CT molecular complexity index is 1220. The van der Waals surface area contributed by atoms with E-state index in [0.717, 1.165) is 40.4 Å². The molecule has 6 rings (SSSR count). The van der Waals surface area contributed by atoms with E-state index in [1.165, 1.54) is 0 Å². The molecular formula is C24H21N3O3S. The topological polar surface area (TPSA) is 67.6 Å². The number of thiazole rings is 1. The van der Waals surface area contributed by atoms with Crippen LogP contribution in [0, 0.1) is 0 Å². The lowest BCUT2D eigenvalue weighted by molar-refractivity contribution is 0.0403. The SMILES string of the molecule is O=C1c2ccccc2N[C@H](c2ccc(-c3nc4ccccc4s3)o2)N1C[C@@H]1CCCO1. The van der Waals surface area contributed by atoms with E-state index in [9.17, 15) is 4.79 Å². The van der Waals surface area contributed by atoms with Gasteiger partial charge in [0.15, 0.2) is 16.9 Å². The van der Waals surface area contributed by atoms with Crippen LogP contribution in [0.5, 0.6) is 0 Å². The number of aromatic nitrogens is 1. The third-order valence-corrected chi connectivity index (χ3v) is 6.90. The Kier molecular flexibility index (Phi) is 4.51. The first-order valence-electron chi connectivity index (χ1n) is 10.5. The maximum atomic E-state index is 13.4. The highest BCUT2D eigenvalue weighted by molar-refractivity contribution is 7.21. The molecule has 2 aromatic carbocycles. The van der Waals surface area contributed by atoms with E-state index in [0.29, 0.717) is 23.6 Å². The molecule has 4 heterocycles. The molecule has 1 saturated heterocycles. The molecule has 0 saturated carbocycles. The van der Waals surface area contributed by atoms with Gasteiger partial charge < -0.3 is 19.4 Å². The first kappa shape index (κ1) is 18.6. The Hall–Kier alpha value is -3.16. The summed E-state index contributed by atoms with van der Waals surface area (Å²) in [6.07, 6.45) is 1.66. The van der Waals surface area contributed by atoms with E-state index in [2.05, 4.69) is 11.4 Å². The van der Waals surface area contributed by atoms with Crippen molar-refractivity contribution in [2.45, 2.75) is 25.1 Å². The van der Waals surface area contributed by atoms with Crippen molar-refractivity contribution < 1.29 is 13.9 Å². The number of rotatable bonds is 4. The Morgan fingerprint density at radius 3 is 2.84 bits per heavy atom. The molecule has 31 heavy (non-hydrogen) atoms. The van der Waals surface area contributed by atoms with E-state index in [1.807, 2.05) is 59.5 Å². The summed E-state index contributed by atoms with van der Waals surface area (Å²) < 4.78 is 13.2. The maximum Gasteiger partial charge on any atom is 0.258 e. The van der Waals surface area contributed by atoms with Crippen molar-refractivity contribution in [2.24, 2.45) is 0 Å². The van der Waals surface area contributed by atoms with Crippen molar-refractivity contribution in [3.8, 4) is 10.8 Å². The molecule has 0 aliphatic carbocycles. The van der Waals surface area contributed by atoms with Crippen molar-refractivity contribution >= 4 is 33.1 Å². The zero-order valence-electron chi connectivity index (χ0n) is 16.8. The molecule has 2 aliphatic rings. The lowest BCUT2D eigenvalue weighted by Crippen LogP contribution is -2.46. The van der Waals surface area contributed by atoms with Crippen LogP contribution in [-0.2, 0) is 4.74 Å². The number of nitrogens with one attached hydrogen (secondary N) is 1. The second-order valence-electron chi connectivity index (χ2n) is 7.87. The Morgan fingerprint density at radius 1 is 1.10 bits per heavy atom. The van der Waals surface area contributed by atoms with Crippen LogP contribution in [0.2, 0.25) is 0 Å². The highest BCUT2D eigenvalue weighted by atomic mass is 32.1. The fraction of sp³-hybridized carbons (Fsp3) is 0.250. The number of benzene rings is 2. The highest BCUT2D eigenvalue weighted by Gasteiger charge is 2.36. The second kappa shape index (κ2) is 7.51. The van der Waals surface area contributed by atoms with Gasteiger partial charge in [-0.25, -0.2) is 4.98 Å². The molecule has 156 valence electrons. The van der Waals surface area contributed by atoms with E-state index < -0.39 is 6.17 Å². The van der Waals surface area contributed by atoms with Gasteiger partial charge in [0.2, 0.25) is 0 Å². The average molecular weight is 432 g/mol. The number of carbonyl (C=O) groups is 1. The number of hydrogen-bond acceptors (Lipinski definition) is 6. The molecule has 1 fully saturated rings. The standard InChI is InChI=1S/C24H21N3O3S/c28-24-16-7-1-2-8-17(16)25-22(27(24)14-15-6-5-13-29-15)19-11-12-20(30-19)23-26-18-9-3-4-10-21(18)31-23/h1-4,7-12,15,22,25H,5-6,13-14H2/t15-,22-/m0/s1. The van der Waals surface area contributed by atoms with Crippen LogP contribution in [0.3, 0.4) is 0 Å². The van der Waals surface area contributed by atoms with Gasteiger partial charge in [-0.2, -0.15) is 0 Å². The van der Waals surface area contributed by atoms with Crippen LogP contribution >= 0.6 is 11.3 Å². The first-order valence-corrected chi connectivity index (χ1v) is 11.3. The fourth-order valence-corrected chi connectivity index (χ4v) is 5.23. The summed E-state index contributed by atoms with van der Waals surface area (Å²) in [7, 11) is 0. The number of amides is 1. The quantitative estimate of drug-likeness (QED) is 0.475. The van der Waals surface area contributed by atoms with Gasteiger partial charge in [0.05, 0.1) is 21.9 Å². The second-order valence-corrected chi connectivity index (χ2v) is 8.90. The number of furan rings is 1. The molecule has 0 bridgehead atoms. The van der Waals surface area contributed by atoms with Crippen LogP contribution in [0.4, 0.5) is 5.69 Å². The van der Waals surface area contributed by atoms with Crippen molar-refractivity contribution in [1.29, 1.82) is 0 Å². The Labute approximate surface area is 183 Å². The summed E-state index contributed by atoms with van der Waals surface area (Å²) in [5, 5.41) is 4.33. The van der Waals surface area contributed by atoms with Crippen molar-refractivity contribution in [3.63, 3.8) is 0 Å². The molecule has 4 aromatic rings. The highest BCUT2D eigenvalue weighted by Crippen LogP contribution is 2.37. The van der Waals surface area contributed by atoms with Gasteiger partial charge in [-0.3, -0.25) is 4.79 Å². The van der Waals surface area contributed by atoms with E-state index >= 15 is 0 Å². The van der Waals surface area contributed by atoms with Crippen LogP contribution in [-0.4, -0.2) is 35.0 Å². The van der Waals surface area contributed by atoms with Gasteiger partial charge in [-0.05, 0) is 49.2 Å². The van der Waals surface area contributed by atoms with Crippen molar-refractivity contribution in [2.75, 3.05) is 18.5 Å². The van der Waals surface area contributed by atoms with Crippen LogP contribution in [0.1, 0.15) is 35.1 Å². The van der Waals surface area contributed by atoms with Crippen molar-refractivity contribution in [3.05, 3.63) is 72.0 Å². The van der Waals surface area contributed by atoms with Gasteiger partial charge in [0, 0.05) is 18.8 Å². The zero-order chi connectivity index (χ0) is 20.8. The molecule has 0 unspecified atom stereocenters. The summed E-state index contributed by atoms with van der Waals surface area (Å²) in [6, 6.07) is 19.5. The summed E-state index contributed by atoms with van der Waals surface area (Å²) >= 11 is 1.60. The predicted molar refractivity (Wildman–Crippen MR) is 120 cm³/mol. The minimum Gasteiger partial charge on any atom is -0.454 e. The molecule has 0 spiro atoms. The lowest BCUT2D eigenvalue weighted by Gasteiger charge is -2.37. The molecule has 1 amide bonds. The molecule has 1 N–H and O–H groups in total. The third kappa shape index (κ3) is 3.30. The van der Waals surface area contributed by atoms with Gasteiger partial charge in [0.25, 0.3) is 5.91 Å². The average Bonchev–Trinajstić information content (AvgIpc) is 3.56. The molecule has 6 nitrogen and oxygen atoms in total. The number of ether oxygens (including phenoxy) is 1. The predicted octanol–water partition coefficient (Wildman–Crippen LogP) is 5.30. The van der Waals surface area contributed by atoms with E-state index in [1.54, 1.807) is 11.3 Å². The molecule has 2 aliphatic heterocycles. The lowest BCUT2D eigenvalue weighted by atomic mass is 10.1. The number of hydrogen-bond donors (Lipinski definition) is 1. The number of para-hydroxylation sites is 2. The van der Waals surface area contributed by atoms with Crippen LogP contribution in [0.15, 0.2) is 65.1 Å². The largest absolute Gasteiger partial charge is 0.454 e. The summed E-state index contributed by atoms with van der Waals surface area (Å²) in [6.45, 7) is 1.28. The maximum absolute atomic E-state index is 13.4. The van der Waals surface area contributed by atoms with E-state index in [4.69, 9.17) is 14.1 Å². The minimum atomic E-state index is -0.394. The Balaban J connectivity index is 1.36. The third-order valence-electron chi connectivity index (χ3n) is 5.85. The zero-order valence-corrected chi connectivity index (χ0v) is 17.6. The Morgan fingerprint density at radius 2 is 1.97 bits per heavy atom. The summed E-state index contributed by atoms with van der Waals surface area (Å²) in [4.78, 5) is 19.9. The monoisotopic (exact) mass is 431 g/mol. The molecule has 2 aromatic heterocycles. The van der Waals surface area contributed by atoms with Crippen molar-refractivity contribution in [1.82, 2.24) is 9.88 Å². The number of anilines is 1. The minimum absolute atomic E-state index is 0.00668. The van der Waals surface area contributed by atoms with Crippen LogP contribution < -0.4 is 5.32 Å². The smallest absolute Gasteiger partial charge is 0.258 e. The fourth-order valence-electron chi connectivity index (χ4n) is 4.31. The van der Waals surface area contributed by atoms with Crippen LogP contribution in [0.25, 0.3) is 21.0 Å².